The van der Waals surface area contributed by atoms with Gasteiger partial charge in [0.25, 0.3) is 0 Å². The highest BCUT2D eigenvalue weighted by Gasteiger charge is 2.09. The molecule has 0 bridgehead atoms. The van der Waals surface area contributed by atoms with Crippen molar-refractivity contribution in [3.63, 3.8) is 0 Å². The highest BCUT2D eigenvalue weighted by molar-refractivity contribution is 9.10. The molecule has 0 saturated carbocycles. The molecule has 128 valence electrons. The molecule has 1 N–H and O–H groups in total. The third-order valence-electron chi connectivity index (χ3n) is 3.21. The number of aliphatic carboxylic acids is 1. The molecule has 0 aliphatic carbocycles. The van der Waals surface area contributed by atoms with Gasteiger partial charge in [0, 0.05) is 4.47 Å². The predicted molar refractivity (Wildman–Crippen MR) is 98.4 cm³/mol. The van der Waals surface area contributed by atoms with E-state index in [9.17, 15) is 10.1 Å². The fourth-order valence-corrected chi connectivity index (χ4v) is 2.38. The molecule has 0 saturated heterocycles. The van der Waals surface area contributed by atoms with Gasteiger partial charge >= 0.3 is 5.97 Å². The molecule has 2 aromatic carbocycles. The maximum atomic E-state index is 10.7. The van der Waals surface area contributed by atoms with E-state index in [0.717, 1.165) is 15.6 Å². The van der Waals surface area contributed by atoms with Crippen LogP contribution in [0.5, 0.6) is 11.5 Å². The molecule has 0 unspecified atom stereocenters. The van der Waals surface area contributed by atoms with Crippen molar-refractivity contribution in [3.8, 4) is 17.6 Å². The Morgan fingerprint density at radius 3 is 2.52 bits per heavy atom. The molecular weight excluding hydrogens is 386 g/mol. The average molecular weight is 402 g/mol. The number of nitriles is 1. The summed E-state index contributed by atoms with van der Waals surface area (Å²) in [6, 6.07) is 14.7. The van der Waals surface area contributed by atoms with Gasteiger partial charge in [0.2, 0.25) is 0 Å². The van der Waals surface area contributed by atoms with E-state index in [1.54, 1.807) is 24.3 Å². The summed E-state index contributed by atoms with van der Waals surface area (Å²) in [5.74, 6) is -0.275. The van der Waals surface area contributed by atoms with Crippen LogP contribution in [-0.4, -0.2) is 24.3 Å². The average Bonchev–Trinajstić information content (AvgIpc) is 2.60. The molecule has 0 aliphatic heterocycles. The van der Waals surface area contributed by atoms with E-state index in [1.807, 2.05) is 31.2 Å². The largest absolute Gasteiger partial charge is 0.490 e. The zero-order valence-corrected chi connectivity index (χ0v) is 15.1. The second kappa shape index (κ2) is 8.90. The molecule has 25 heavy (non-hydrogen) atoms. The first-order chi connectivity index (χ1) is 12.0. The lowest BCUT2D eigenvalue weighted by molar-refractivity contribution is -0.139. The van der Waals surface area contributed by atoms with Gasteiger partial charge in [0.05, 0.1) is 18.2 Å². The van der Waals surface area contributed by atoms with Crippen molar-refractivity contribution >= 4 is 33.5 Å². The lowest BCUT2D eigenvalue weighted by Crippen LogP contribution is -2.10. The van der Waals surface area contributed by atoms with Crippen molar-refractivity contribution in [1.82, 2.24) is 0 Å². The van der Waals surface area contributed by atoms with Gasteiger partial charge < -0.3 is 14.6 Å². The van der Waals surface area contributed by atoms with E-state index in [4.69, 9.17) is 14.6 Å². The summed E-state index contributed by atoms with van der Waals surface area (Å²) in [4.78, 5) is 10.7. The van der Waals surface area contributed by atoms with Crippen LogP contribution in [0, 0.1) is 11.3 Å². The van der Waals surface area contributed by atoms with Crippen LogP contribution < -0.4 is 9.47 Å². The number of nitrogens with zero attached hydrogens (tertiary/aromatic N) is 1. The van der Waals surface area contributed by atoms with Gasteiger partial charge in [-0.05, 0) is 48.4 Å². The fraction of sp³-hybridized carbons (Fsp3) is 0.158. The van der Waals surface area contributed by atoms with E-state index in [1.165, 1.54) is 0 Å². The fourth-order valence-electron chi connectivity index (χ4n) is 2.12. The van der Waals surface area contributed by atoms with Crippen LogP contribution in [0.3, 0.4) is 0 Å². The lowest BCUT2D eigenvalue weighted by atomic mass is 10.0. The Morgan fingerprint density at radius 2 is 1.92 bits per heavy atom. The number of hydrogen-bond acceptors (Lipinski definition) is 4. The molecule has 0 amide bonds. The normalized spacial score (nSPS) is 10.8. The van der Waals surface area contributed by atoms with Gasteiger partial charge in [0.15, 0.2) is 18.1 Å². The zero-order chi connectivity index (χ0) is 18.2. The Labute approximate surface area is 154 Å². The van der Waals surface area contributed by atoms with Crippen LogP contribution in [0.25, 0.3) is 11.6 Å². The quantitative estimate of drug-likeness (QED) is 0.550. The Kier molecular flexibility index (Phi) is 6.61. The molecule has 5 nitrogen and oxygen atoms in total. The lowest BCUT2D eigenvalue weighted by Gasteiger charge is -2.11. The Bertz CT molecular complexity index is 822. The number of benzene rings is 2. The van der Waals surface area contributed by atoms with Crippen LogP contribution in [0.15, 0.2) is 46.9 Å². The number of rotatable bonds is 7. The van der Waals surface area contributed by atoms with Crippen LogP contribution in [0.2, 0.25) is 0 Å². The minimum absolute atomic E-state index is 0.351. The SMILES string of the molecule is CCOc1cc(/C=C(\C#N)c2ccc(Br)cc2)ccc1OCC(=O)O. The van der Waals surface area contributed by atoms with Crippen molar-refractivity contribution in [2.24, 2.45) is 0 Å². The van der Waals surface area contributed by atoms with Crippen LogP contribution in [0.4, 0.5) is 0 Å². The van der Waals surface area contributed by atoms with E-state index in [2.05, 4.69) is 22.0 Å². The molecular formula is C19H16BrNO4. The third-order valence-corrected chi connectivity index (χ3v) is 3.73. The second-order valence-corrected chi connectivity index (χ2v) is 5.91. The van der Waals surface area contributed by atoms with Crippen molar-refractivity contribution in [2.75, 3.05) is 13.2 Å². The predicted octanol–water partition coefficient (Wildman–Crippen LogP) is 4.38. The number of allylic oxidation sites excluding steroid dienone is 1. The van der Waals surface area contributed by atoms with Crippen LogP contribution >= 0.6 is 15.9 Å². The number of carboxylic acids is 1. The van der Waals surface area contributed by atoms with Crippen LogP contribution in [-0.2, 0) is 4.79 Å². The Hall–Kier alpha value is -2.78. The maximum Gasteiger partial charge on any atom is 0.341 e. The summed E-state index contributed by atoms with van der Waals surface area (Å²) < 4.78 is 11.7. The standard InChI is InChI=1S/C19H16BrNO4/c1-2-24-18-10-13(3-8-17(18)25-12-19(22)23)9-15(11-21)14-4-6-16(20)7-5-14/h3-10H,2,12H2,1H3,(H,22,23)/b15-9+. The minimum atomic E-state index is -1.06. The number of halogens is 1. The van der Waals surface area contributed by atoms with E-state index in [-0.39, 0.29) is 0 Å². The zero-order valence-electron chi connectivity index (χ0n) is 13.5. The van der Waals surface area contributed by atoms with E-state index < -0.39 is 12.6 Å². The minimum Gasteiger partial charge on any atom is -0.490 e. The number of carbonyl (C=O) groups is 1. The molecule has 0 aliphatic rings. The number of ether oxygens (including phenoxy) is 2. The molecule has 0 aromatic heterocycles. The van der Waals surface area contributed by atoms with Gasteiger partial charge in [-0.25, -0.2) is 4.79 Å². The molecule has 2 rings (SSSR count). The smallest absolute Gasteiger partial charge is 0.341 e. The number of carboxylic acid groups (broad SMARTS) is 1. The van der Waals surface area contributed by atoms with Gasteiger partial charge in [-0.2, -0.15) is 5.26 Å². The van der Waals surface area contributed by atoms with Crippen molar-refractivity contribution < 1.29 is 19.4 Å². The molecule has 0 fully saturated rings. The summed E-state index contributed by atoms with van der Waals surface area (Å²) in [5.41, 5.74) is 2.06. The van der Waals surface area contributed by atoms with Gasteiger partial charge in [-0.1, -0.05) is 34.1 Å². The van der Waals surface area contributed by atoms with Crippen molar-refractivity contribution in [1.29, 1.82) is 5.26 Å². The van der Waals surface area contributed by atoms with Gasteiger partial charge in [0.1, 0.15) is 0 Å². The molecule has 6 heteroatoms. The summed E-state index contributed by atoms with van der Waals surface area (Å²) in [6.45, 7) is 1.79. The molecule has 0 atom stereocenters. The van der Waals surface area contributed by atoms with Gasteiger partial charge in [-0.3, -0.25) is 0 Å². The monoisotopic (exact) mass is 401 g/mol. The highest BCUT2D eigenvalue weighted by atomic mass is 79.9. The van der Waals surface area contributed by atoms with Crippen molar-refractivity contribution in [2.45, 2.75) is 6.92 Å². The topological polar surface area (TPSA) is 79.5 Å². The first kappa shape index (κ1) is 18.6. The molecule has 0 radical (unpaired) electrons. The number of hydrogen-bond donors (Lipinski definition) is 1. The summed E-state index contributed by atoms with van der Waals surface area (Å²) in [7, 11) is 0. The summed E-state index contributed by atoms with van der Waals surface area (Å²) in [5, 5.41) is 18.2. The highest BCUT2D eigenvalue weighted by Crippen LogP contribution is 2.30. The van der Waals surface area contributed by atoms with Crippen molar-refractivity contribution in [3.05, 3.63) is 58.1 Å². The molecule has 2 aromatic rings. The Morgan fingerprint density at radius 1 is 1.20 bits per heavy atom. The summed E-state index contributed by atoms with van der Waals surface area (Å²) >= 11 is 3.37. The van der Waals surface area contributed by atoms with E-state index in [0.29, 0.717) is 23.7 Å². The first-order valence-corrected chi connectivity index (χ1v) is 8.32. The van der Waals surface area contributed by atoms with Crippen LogP contribution in [0.1, 0.15) is 18.1 Å². The summed E-state index contributed by atoms with van der Waals surface area (Å²) in [6.07, 6.45) is 1.74. The second-order valence-electron chi connectivity index (χ2n) is 5.00. The van der Waals surface area contributed by atoms with Gasteiger partial charge in [-0.15, -0.1) is 0 Å². The first-order valence-electron chi connectivity index (χ1n) is 7.52. The molecule has 0 heterocycles. The van der Waals surface area contributed by atoms with E-state index >= 15 is 0 Å². The third kappa shape index (κ3) is 5.37. The maximum absolute atomic E-state index is 10.7. The Balaban J connectivity index is 2.34. The molecule has 0 spiro atoms.